The molecule has 1 aliphatic heterocycles. The third-order valence-electron chi connectivity index (χ3n) is 3.60. The number of rotatable bonds is 5. The number of halogens is 2. The average molecular weight is 354 g/mol. The maximum absolute atomic E-state index is 12.3. The fraction of sp³-hybridized carbons (Fsp3) is 0.714. The summed E-state index contributed by atoms with van der Waals surface area (Å²) in [6, 6.07) is 0. The number of piperidine rings is 1. The van der Waals surface area contributed by atoms with Gasteiger partial charge in [0.05, 0.1) is 17.1 Å². The van der Waals surface area contributed by atoms with Gasteiger partial charge in [0.2, 0.25) is 5.91 Å². The quantitative estimate of drug-likeness (QED) is 0.884. The minimum Gasteiger partial charge on any atom is -0.342 e. The van der Waals surface area contributed by atoms with Crippen LogP contribution in [-0.4, -0.2) is 42.5 Å². The first-order chi connectivity index (χ1) is 9.22. The van der Waals surface area contributed by atoms with Gasteiger partial charge in [-0.3, -0.25) is 4.79 Å². The summed E-state index contributed by atoms with van der Waals surface area (Å²) in [6.45, 7) is 4.89. The van der Waals surface area contributed by atoms with Crippen molar-refractivity contribution < 1.29 is 4.79 Å². The zero-order chi connectivity index (χ0) is 13.7. The summed E-state index contributed by atoms with van der Waals surface area (Å²) in [7, 11) is 1.97. The van der Waals surface area contributed by atoms with Crippen molar-refractivity contribution in [2.24, 2.45) is 5.92 Å². The molecule has 0 spiro atoms. The van der Waals surface area contributed by atoms with Gasteiger partial charge in [-0.2, -0.15) is 0 Å². The van der Waals surface area contributed by atoms with Crippen molar-refractivity contribution in [2.45, 2.75) is 32.6 Å². The fourth-order valence-electron chi connectivity index (χ4n) is 2.61. The van der Waals surface area contributed by atoms with Crippen LogP contribution >= 0.6 is 36.2 Å². The molecule has 2 heterocycles. The summed E-state index contributed by atoms with van der Waals surface area (Å²) in [6.07, 6.45) is 3.76. The molecule has 1 atom stereocenters. The van der Waals surface area contributed by atoms with Gasteiger partial charge in [-0.25, -0.2) is 4.98 Å². The lowest BCUT2D eigenvalue weighted by Crippen LogP contribution is -2.43. The molecule has 21 heavy (non-hydrogen) atoms. The summed E-state index contributed by atoms with van der Waals surface area (Å²) in [5.74, 6) is 0.832. The Bertz CT molecular complexity index is 426. The largest absolute Gasteiger partial charge is 0.342 e. The highest BCUT2D eigenvalue weighted by atomic mass is 35.5. The Labute approximate surface area is 143 Å². The van der Waals surface area contributed by atoms with Gasteiger partial charge < -0.3 is 10.2 Å². The van der Waals surface area contributed by atoms with Gasteiger partial charge in [-0.05, 0) is 38.8 Å². The third kappa shape index (κ3) is 6.10. The van der Waals surface area contributed by atoms with Crippen LogP contribution in [0.15, 0.2) is 5.38 Å². The smallest absolute Gasteiger partial charge is 0.228 e. The molecule has 1 unspecified atom stereocenters. The molecule has 1 amide bonds. The van der Waals surface area contributed by atoms with Gasteiger partial charge in [0.15, 0.2) is 0 Å². The van der Waals surface area contributed by atoms with Gasteiger partial charge in [0.1, 0.15) is 0 Å². The molecule has 1 aromatic heterocycles. The Kier molecular flexibility index (Phi) is 10.2. The van der Waals surface area contributed by atoms with E-state index >= 15 is 0 Å². The minimum absolute atomic E-state index is 0. The van der Waals surface area contributed by atoms with Crippen molar-refractivity contribution >= 4 is 42.1 Å². The number of hydrogen-bond donors (Lipinski definition) is 1. The minimum atomic E-state index is 0. The van der Waals surface area contributed by atoms with Crippen LogP contribution in [0.2, 0.25) is 0 Å². The van der Waals surface area contributed by atoms with E-state index < -0.39 is 0 Å². The normalized spacial score (nSPS) is 17.8. The number of hydrogen-bond acceptors (Lipinski definition) is 4. The third-order valence-corrected chi connectivity index (χ3v) is 4.64. The molecule has 1 fully saturated rings. The molecular formula is C14H25Cl2N3OS. The highest BCUT2D eigenvalue weighted by Gasteiger charge is 2.23. The molecule has 122 valence electrons. The molecule has 0 bridgehead atoms. The summed E-state index contributed by atoms with van der Waals surface area (Å²) in [4.78, 5) is 18.8. The maximum Gasteiger partial charge on any atom is 0.228 e. The number of likely N-dealkylation sites (tertiary alicyclic amines) is 1. The average Bonchev–Trinajstić information content (AvgIpc) is 2.87. The van der Waals surface area contributed by atoms with Crippen molar-refractivity contribution in [1.29, 1.82) is 0 Å². The van der Waals surface area contributed by atoms with Crippen LogP contribution in [0.4, 0.5) is 0 Å². The van der Waals surface area contributed by atoms with Crippen LogP contribution in [-0.2, 0) is 17.6 Å². The van der Waals surface area contributed by atoms with Crippen molar-refractivity contribution in [3.05, 3.63) is 16.1 Å². The number of nitrogens with one attached hydrogen (secondary N) is 1. The fourth-order valence-corrected chi connectivity index (χ4v) is 3.35. The van der Waals surface area contributed by atoms with Crippen LogP contribution in [0.1, 0.15) is 30.5 Å². The lowest BCUT2D eigenvalue weighted by Gasteiger charge is -2.32. The van der Waals surface area contributed by atoms with E-state index in [2.05, 4.69) is 17.2 Å². The van der Waals surface area contributed by atoms with Crippen LogP contribution in [0.3, 0.4) is 0 Å². The standard InChI is InChI=1S/C14H23N3OS.2ClH/c1-3-13-16-12(10-19-13)7-14(18)17-6-4-5-11(9-17)8-15-2;;/h10-11,15H,3-9H2,1-2H3;2*1H. The Hall–Kier alpha value is -0.360. The first kappa shape index (κ1) is 20.6. The maximum atomic E-state index is 12.3. The predicted octanol–water partition coefficient (Wildman–Crippen LogP) is 2.55. The Morgan fingerprint density at radius 1 is 1.52 bits per heavy atom. The molecule has 0 aliphatic carbocycles. The number of amides is 1. The molecule has 0 radical (unpaired) electrons. The lowest BCUT2D eigenvalue weighted by atomic mass is 9.98. The molecular weight excluding hydrogens is 329 g/mol. The number of thiazole rings is 1. The van der Waals surface area contributed by atoms with E-state index in [1.165, 1.54) is 6.42 Å². The van der Waals surface area contributed by atoms with E-state index in [0.29, 0.717) is 12.3 Å². The number of nitrogens with zero attached hydrogens (tertiary/aromatic N) is 2. The monoisotopic (exact) mass is 353 g/mol. The second kappa shape index (κ2) is 10.4. The zero-order valence-electron chi connectivity index (χ0n) is 12.6. The zero-order valence-corrected chi connectivity index (χ0v) is 15.1. The molecule has 0 aromatic carbocycles. The van der Waals surface area contributed by atoms with E-state index in [-0.39, 0.29) is 30.7 Å². The second-order valence-electron chi connectivity index (χ2n) is 5.17. The van der Waals surface area contributed by atoms with E-state index in [0.717, 1.165) is 43.2 Å². The van der Waals surface area contributed by atoms with E-state index in [9.17, 15) is 4.79 Å². The predicted molar refractivity (Wildman–Crippen MR) is 92.9 cm³/mol. The van der Waals surface area contributed by atoms with Crippen molar-refractivity contribution in [3.63, 3.8) is 0 Å². The van der Waals surface area contributed by atoms with Crippen LogP contribution < -0.4 is 5.32 Å². The highest BCUT2D eigenvalue weighted by Crippen LogP contribution is 2.17. The highest BCUT2D eigenvalue weighted by molar-refractivity contribution is 7.09. The van der Waals surface area contributed by atoms with Crippen molar-refractivity contribution in [1.82, 2.24) is 15.2 Å². The number of aromatic nitrogens is 1. The van der Waals surface area contributed by atoms with E-state index in [4.69, 9.17) is 0 Å². The van der Waals surface area contributed by atoms with Crippen LogP contribution in [0, 0.1) is 5.92 Å². The SMILES string of the molecule is CCc1nc(CC(=O)N2CCCC(CNC)C2)cs1.Cl.Cl. The van der Waals surface area contributed by atoms with E-state index in [1.807, 2.05) is 17.3 Å². The van der Waals surface area contributed by atoms with Crippen LogP contribution in [0.25, 0.3) is 0 Å². The Balaban J connectivity index is 0.00000200. The summed E-state index contributed by atoms with van der Waals surface area (Å²) in [5, 5.41) is 6.35. The van der Waals surface area contributed by atoms with Crippen LogP contribution in [0.5, 0.6) is 0 Å². The molecule has 1 N–H and O–H groups in total. The molecule has 4 nitrogen and oxygen atoms in total. The van der Waals surface area contributed by atoms with Crippen molar-refractivity contribution in [2.75, 3.05) is 26.7 Å². The molecule has 1 saturated heterocycles. The molecule has 7 heteroatoms. The molecule has 0 saturated carbocycles. The molecule has 2 rings (SSSR count). The van der Waals surface area contributed by atoms with E-state index in [1.54, 1.807) is 11.3 Å². The topological polar surface area (TPSA) is 45.2 Å². The lowest BCUT2D eigenvalue weighted by molar-refractivity contribution is -0.132. The van der Waals surface area contributed by atoms with Gasteiger partial charge in [-0.1, -0.05) is 6.92 Å². The number of aryl methyl sites for hydroxylation is 1. The number of carbonyl (C=O) groups is 1. The van der Waals surface area contributed by atoms with Gasteiger partial charge in [0.25, 0.3) is 0 Å². The summed E-state index contributed by atoms with van der Waals surface area (Å²) < 4.78 is 0. The van der Waals surface area contributed by atoms with Gasteiger partial charge in [-0.15, -0.1) is 36.2 Å². The number of carbonyl (C=O) groups excluding carboxylic acids is 1. The molecule has 1 aromatic rings. The first-order valence-electron chi connectivity index (χ1n) is 7.08. The van der Waals surface area contributed by atoms with Gasteiger partial charge in [0, 0.05) is 18.5 Å². The Morgan fingerprint density at radius 3 is 2.90 bits per heavy atom. The molecule has 1 aliphatic rings. The summed E-state index contributed by atoms with van der Waals surface area (Å²) >= 11 is 1.66. The summed E-state index contributed by atoms with van der Waals surface area (Å²) in [5.41, 5.74) is 0.933. The second-order valence-corrected chi connectivity index (χ2v) is 6.11. The van der Waals surface area contributed by atoms with Crippen molar-refractivity contribution in [3.8, 4) is 0 Å². The Morgan fingerprint density at radius 2 is 2.29 bits per heavy atom. The van der Waals surface area contributed by atoms with Gasteiger partial charge >= 0.3 is 0 Å². The first-order valence-corrected chi connectivity index (χ1v) is 7.96.